The third kappa shape index (κ3) is 2.71. The first-order chi connectivity index (χ1) is 9.02. The standard InChI is InChI=1S/C15H13ClO3/c1-9-7-10(4-6-14(9)19-2)11-3-5-13(16)12(8-11)15(17)18/h3-8H,1-2H3,(H,17,18). The van der Waals surface area contributed by atoms with Gasteiger partial charge in [0.05, 0.1) is 17.7 Å². The van der Waals surface area contributed by atoms with Crippen LogP contribution >= 0.6 is 11.6 Å². The van der Waals surface area contributed by atoms with E-state index in [4.69, 9.17) is 21.4 Å². The molecule has 0 saturated heterocycles. The number of hydrogen-bond donors (Lipinski definition) is 1. The molecule has 0 heterocycles. The Morgan fingerprint density at radius 3 is 2.37 bits per heavy atom. The van der Waals surface area contributed by atoms with Crippen LogP contribution in [-0.2, 0) is 0 Å². The molecule has 0 unspecified atom stereocenters. The highest BCUT2D eigenvalue weighted by Crippen LogP contribution is 2.28. The molecule has 0 saturated carbocycles. The summed E-state index contributed by atoms with van der Waals surface area (Å²) < 4.78 is 5.20. The summed E-state index contributed by atoms with van der Waals surface area (Å²) in [4.78, 5) is 11.1. The van der Waals surface area contributed by atoms with Crippen LogP contribution in [0.25, 0.3) is 11.1 Å². The van der Waals surface area contributed by atoms with Gasteiger partial charge >= 0.3 is 5.97 Å². The van der Waals surface area contributed by atoms with Crippen molar-refractivity contribution in [3.05, 3.63) is 52.5 Å². The van der Waals surface area contributed by atoms with Crippen LogP contribution in [0.15, 0.2) is 36.4 Å². The van der Waals surface area contributed by atoms with Crippen molar-refractivity contribution in [2.24, 2.45) is 0 Å². The third-order valence-electron chi connectivity index (χ3n) is 2.92. The van der Waals surface area contributed by atoms with E-state index in [1.165, 1.54) is 0 Å². The monoisotopic (exact) mass is 276 g/mol. The van der Waals surface area contributed by atoms with Gasteiger partial charge in [-0.1, -0.05) is 23.7 Å². The van der Waals surface area contributed by atoms with Gasteiger partial charge in [-0.05, 0) is 47.9 Å². The summed E-state index contributed by atoms with van der Waals surface area (Å²) >= 11 is 5.86. The number of ether oxygens (including phenoxy) is 1. The predicted octanol–water partition coefficient (Wildman–Crippen LogP) is 4.02. The molecule has 2 rings (SSSR count). The van der Waals surface area contributed by atoms with Crippen LogP contribution in [-0.4, -0.2) is 18.2 Å². The Bertz CT molecular complexity index is 635. The summed E-state index contributed by atoms with van der Waals surface area (Å²) in [5.41, 5.74) is 2.84. The van der Waals surface area contributed by atoms with Crippen molar-refractivity contribution < 1.29 is 14.6 Å². The zero-order valence-corrected chi connectivity index (χ0v) is 11.4. The van der Waals surface area contributed by atoms with Gasteiger partial charge in [-0.25, -0.2) is 4.79 Å². The second kappa shape index (κ2) is 5.33. The summed E-state index contributed by atoms with van der Waals surface area (Å²) in [6, 6.07) is 10.7. The van der Waals surface area contributed by atoms with Crippen molar-refractivity contribution >= 4 is 17.6 Å². The van der Waals surface area contributed by atoms with E-state index >= 15 is 0 Å². The Kier molecular flexibility index (Phi) is 3.76. The van der Waals surface area contributed by atoms with Crippen LogP contribution in [0.1, 0.15) is 15.9 Å². The van der Waals surface area contributed by atoms with E-state index in [2.05, 4.69) is 0 Å². The fourth-order valence-corrected chi connectivity index (χ4v) is 2.13. The number of benzene rings is 2. The number of aryl methyl sites for hydroxylation is 1. The Labute approximate surface area is 116 Å². The molecule has 0 atom stereocenters. The molecular formula is C15H13ClO3. The molecule has 0 aliphatic heterocycles. The normalized spacial score (nSPS) is 10.3. The van der Waals surface area contributed by atoms with Gasteiger partial charge in [-0.3, -0.25) is 0 Å². The van der Waals surface area contributed by atoms with Crippen molar-refractivity contribution in [2.75, 3.05) is 7.11 Å². The second-order valence-electron chi connectivity index (χ2n) is 4.18. The van der Waals surface area contributed by atoms with Crippen LogP contribution in [0.4, 0.5) is 0 Å². The topological polar surface area (TPSA) is 46.5 Å². The maximum absolute atomic E-state index is 11.1. The van der Waals surface area contributed by atoms with Gasteiger partial charge in [0.1, 0.15) is 5.75 Å². The van der Waals surface area contributed by atoms with Crippen LogP contribution in [0.3, 0.4) is 0 Å². The lowest BCUT2D eigenvalue weighted by molar-refractivity contribution is 0.0697. The zero-order chi connectivity index (χ0) is 14.0. The Hall–Kier alpha value is -2.00. The minimum absolute atomic E-state index is 0.104. The summed E-state index contributed by atoms with van der Waals surface area (Å²) in [5, 5.41) is 9.31. The van der Waals surface area contributed by atoms with Gasteiger partial charge in [-0.15, -0.1) is 0 Å². The molecular weight excluding hydrogens is 264 g/mol. The van der Waals surface area contributed by atoms with E-state index in [1.807, 2.05) is 25.1 Å². The van der Waals surface area contributed by atoms with E-state index in [0.29, 0.717) is 0 Å². The molecule has 2 aromatic rings. The molecule has 0 amide bonds. The van der Waals surface area contributed by atoms with Gasteiger partial charge in [0.15, 0.2) is 0 Å². The van der Waals surface area contributed by atoms with Crippen LogP contribution in [0.2, 0.25) is 5.02 Å². The molecule has 1 N–H and O–H groups in total. The second-order valence-corrected chi connectivity index (χ2v) is 4.59. The quantitative estimate of drug-likeness (QED) is 0.921. The number of carboxylic acids is 1. The molecule has 0 spiro atoms. The Balaban J connectivity index is 2.50. The highest BCUT2D eigenvalue weighted by Gasteiger charge is 2.11. The molecule has 3 nitrogen and oxygen atoms in total. The number of halogens is 1. The highest BCUT2D eigenvalue weighted by molar-refractivity contribution is 6.33. The Morgan fingerprint density at radius 2 is 1.79 bits per heavy atom. The number of methoxy groups -OCH3 is 1. The summed E-state index contributed by atoms with van der Waals surface area (Å²) in [7, 11) is 1.62. The average Bonchev–Trinajstić information content (AvgIpc) is 2.38. The molecule has 0 bridgehead atoms. The van der Waals surface area contributed by atoms with E-state index in [1.54, 1.807) is 25.3 Å². The van der Waals surface area contributed by atoms with Gasteiger partial charge in [0.25, 0.3) is 0 Å². The van der Waals surface area contributed by atoms with Crippen molar-refractivity contribution in [3.8, 4) is 16.9 Å². The minimum atomic E-state index is -1.03. The first-order valence-electron chi connectivity index (χ1n) is 5.71. The molecule has 0 aromatic heterocycles. The highest BCUT2D eigenvalue weighted by atomic mass is 35.5. The summed E-state index contributed by atoms with van der Waals surface area (Å²) in [6.07, 6.45) is 0. The molecule has 0 aliphatic rings. The van der Waals surface area contributed by atoms with E-state index in [0.717, 1.165) is 22.4 Å². The maximum atomic E-state index is 11.1. The van der Waals surface area contributed by atoms with E-state index in [9.17, 15) is 4.79 Å². The minimum Gasteiger partial charge on any atom is -0.496 e. The molecule has 19 heavy (non-hydrogen) atoms. The van der Waals surface area contributed by atoms with Gasteiger partial charge in [-0.2, -0.15) is 0 Å². The fourth-order valence-electron chi connectivity index (χ4n) is 1.93. The number of hydrogen-bond acceptors (Lipinski definition) is 2. The van der Waals surface area contributed by atoms with Gasteiger partial charge in [0.2, 0.25) is 0 Å². The largest absolute Gasteiger partial charge is 0.496 e. The van der Waals surface area contributed by atoms with E-state index < -0.39 is 5.97 Å². The number of aromatic carboxylic acids is 1. The van der Waals surface area contributed by atoms with Crippen LogP contribution < -0.4 is 4.74 Å². The molecule has 0 radical (unpaired) electrons. The SMILES string of the molecule is COc1ccc(-c2ccc(Cl)c(C(=O)O)c2)cc1C. The summed E-state index contributed by atoms with van der Waals surface area (Å²) in [5.74, 6) is -0.228. The lowest BCUT2D eigenvalue weighted by Crippen LogP contribution is -1.97. The first kappa shape index (κ1) is 13.4. The molecule has 98 valence electrons. The zero-order valence-electron chi connectivity index (χ0n) is 10.6. The van der Waals surface area contributed by atoms with Gasteiger partial charge in [0, 0.05) is 0 Å². The predicted molar refractivity (Wildman–Crippen MR) is 75.1 cm³/mol. The molecule has 0 fully saturated rings. The lowest BCUT2D eigenvalue weighted by atomic mass is 10.0. The molecule has 2 aromatic carbocycles. The first-order valence-corrected chi connectivity index (χ1v) is 6.08. The lowest BCUT2D eigenvalue weighted by Gasteiger charge is -2.09. The van der Waals surface area contributed by atoms with Crippen LogP contribution in [0.5, 0.6) is 5.75 Å². The molecule has 0 aliphatic carbocycles. The molecule has 4 heteroatoms. The van der Waals surface area contributed by atoms with Crippen molar-refractivity contribution in [1.82, 2.24) is 0 Å². The summed E-state index contributed by atoms with van der Waals surface area (Å²) in [6.45, 7) is 1.94. The van der Waals surface area contributed by atoms with Gasteiger partial charge < -0.3 is 9.84 Å². The Morgan fingerprint density at radius 1 is 1.16 bits per heavy atom. The maximum Gasteiger partial charge on any atom is 0.337 e. The fraction of sp³-hybridized carbons (Fsp3) is 0.133. The number of carbonyl (C=O) groups is 1. The smallest absolute Gasteiger partial charge is 0.337 e. The third-order valence-corrected chi connectivity index (χ3v) is 3.25. The van der Waals surface area contributed by atoms with Crippen molar-refractivity contribution in [2.45, 2.75) is 6.92 Å². The van der Waals surface area contributed by atoms with Crippen molar-refractivity contribution in [1.29, 1.82) is 0 Å². The number of rotatable bonds is 3. The van der Waals surface area contributed by atoms with Crippen molar-refractivity contribution in [3.63, 3.8) is 0 Å². The number of carboxylic acid groups (broad SMARTS) is 1. The average molecular weight is 277 g/mol. The van der Waals surface area contributed by atoms with E-state index in [-0.39, 0.29) is 10.6 Å². The van der Waals surface area contributed by atoms with Crippen LogP contribution in [0, 0.1) is 6.92 Å².